The van der Waals surface area contributed by atoms with Crippen LogP contribution in [0.25, 0.3) is 0 Å². The van der Waals surface area contributed by atoms with Gasteiger partial charge in [0.15, 0.2) is 0 Å². The number of hydrogen-bond acceptors (Lipinski definition) is 6. The molecular weight excluding hydrogens is 399 g/mol. The summed E-state index contributed by atoms with van der Waals surface area (Å²) in [6.07, 6.45) is 1.86. The molecule has 0 aliphatic carbocycles. The SMILES string of the molecule is CCc1ncnc(O[C@H]2CCN(C(=O)c3ccc(S(=O)(=O)N(C)C)cc3)C2)c1F. The zero-order valence-corrected chi connectivity index (χ0v) is 17.3. The van der Waals surface area contributed by atoms with Crippen molar-refractivity contribution in [3.63, 3.8) is 0 Å². The maximum Gasteiger partial charge on any atom is 0.254 e. The van der Waals surface area contributed by atoms with Gasteiger partial charge < -0.3 is 9.64 Å². The third-order valence-electron chi connectivity index (χ3n) is 4.75. The second kappa shape index (κ2) is 8.42. The molecule has 0 radical (unpaired) electrons. The number of ether oxygens (including phenoxy) is 1. The Morgan fingerprint density at radius 3 is 2.59 bits per heavy atom. The topological polar surface area (TPSA) is 92.7 Å². The molecule has 156 valence electrons. The number of aryl methyl sites for hydroxylation is 1. The van der Waals surface area contributed by atoms with E-state index in [0.717, 1.165) is 4.31 Å². The molecule has 0 unspecified atom stereocenters. The van der Waals surface area contributed by atoms with Crippen LogP contribution in [0.15, 0.2) is 35.5 Å². The molecule has 2 aromatic rings. The number of benzene rings is 1. The van der Waals surface area contributed by atoms with E-state index in [0.29, 0.717) is 31.5 Å². The molecule has 0 spiro atoms. The van der Waals surface area contributed by atoms with Crippen molar-refractivity contribution in [1.29, 1.82) is 0 Å². The van der Waals surface area contributed by atoms with Crippen LogP contribution in [-0.2, 0) is 16.4 Å². The summed E-state index contributed by atoms with van der Waals surface area (Å²) in [4.78, 5) is 22.2. The molecule has 1 fully saturated rings. The minimum Gasteiger partial charge on any atom is -0.470 e. The van der Waals surface area contributed by atoms with Gasteiger partial charge in [0, 0.05) is 32.6 Å². The molecule has 1 aliphatic rings. The van der Waals surface area contributed by atoms with E-state index in [9.17, 15) is 17.6 Å². The van der Waals surface area contributed by atoms with E-state index < -0.39 is 15.8 Å². The molecule has 1 aromatic carbocycles. The molecule has 1 aliphatic heterocycles. The van der Waals surface area contributed by atoms with Crippen LogP contribution >= 0.6 is 0 Å². The molecule has 1 aromatic heterocycles. The first-order valence-electron chi connectivity index (χ1n) is 9.22. The van der Waals surface area contributed by atoms with Gasteiger partial charge in [-0.1, -0.05) is 6.92 Å². The van der Waals surface area contributed by atoms with Crippen LogP contribution in [-0.4, -0.2) is 66.8 Å². The summed E-state index contributed by atoms with van der Waals surface area (Å²) in [7, 11) is -0.656. The van der Waals surface area contributed by atoms with E-state index in [4.69, 9.17) is 4.74 Å². The molecular formula is C19H23FN4O4S. The van der Waals surface area contributed by atoms with Crippen molar-refractivity contribution >= 4 is 15.9 Å². The fourth-order valence-corrected chi connectivity index (χ4v) is 3.95. The number of carbonyl (C=O) groups excluding carboxylic acids is 1. The lowest BCUT2D eigenvalue weighted by atomic mass is 10.2. The van der Waals surface area contributed by atoms with Gasteiger partial charge in [0.25, 0.3) is 11.8 Å². The summed E-state index contributed by atoms with van der Waals surface area (Å²) >= 11 is 0. The highest BCUT2D eigenvalue weighted by atomic mass is 32.2. The predicted octanol–water partition coefficient (Wildman–Crippen LogP) is 1.72. The average Bonchev–Trinajstić information content (AvgIpc) is 3.17. The van der Waals surface area contributed by atoms with Gasteiger partial charge >= 0.3 is 0 Å². The van der Waals surface area contributed by atoms with Crippen molar-refractivity contribution in [3.05, 3.63) is 47.7 Å². The molecule has 10 heteroatoms. The van der Waals surface area contributed by atoms with Gasteiger partial charge in [-0.25, -0.2) is 17.7 Å². The number of hydrogen-bond donors (Lipinski definition) is 0. The Labute approximate surface area is 169 Å². The fraction of sp³-hybridized carbons (Fsp3) is 0.421. The summed E-state index contributed by atoms with van der Waals surface area (Å²) in [5.74, 6) is -0.908. The maximum absolute atomic E-state index is 14.3. The van der Waals surface area contributed by atoms with Crippen molar-refractivity contribution in [2.24, 2.45) is 0 Å². The molecule has 8 nitrogen and oxygen atoms in total. The van der Waals surface area contributed by atoms with Gasteiger partial charge in [0.1, 0.15) is 12.4 Å². The predicted molar refractivity (Wildman–Crippen MR) is 104 cm³/mol. The number of amides is 1. The van der Waals surface area contributed by atoms with E-state index >= 15 is 0 Å². The molecule has 1 saturated heterocycles. The average molecular weight is 422 g/mol. The van der Waals surface area contributed by atoms with Crippen molar-refractivity contribution in [2.75, 3.05) is 27.2 Å². The lowest BCUT2D eigenvalue weighted by molar-refractivity contribution is 0.0770. The van der Waals surface area contributed by atoms with Crippen LogP contribution < -0.4 is 4.74 Å². The fourth-order valence-electron chi connectivity index (χ4n) is 3.05. The van der Waals surface area contributed by atoms with Crippen LogP contribution in [0.1, 0.15) is 29.4 Å². The molecule has 29 heavy (non-hydrogen) atoms. The van der Waals surface area contributed by atoms with E-state index in [-0.39, 0.29) is 28.5 Å². The monoisotopic (exact) mass is 422 g/mol. The van der Waals surface area contributed by atoms with Crippen LogP contribution in [0.2, 0.25) is 0 Å². The smallest absolute Gasteiger partial charge is 0.254 e. The number of aromatic nitrogens is 2. The largest absolute Gasteiger partial charge is 0.470 e. The maximum atomic E-state index is 14.3. The Hall–Kier alpha value is -2.59. The van der Waals surface area contributed by atoms with E-state index in [1.165, 1.54) is 44.7 Å². The third-order valence-corrected chi connectivity index (χ3v) is 6.58. The Bertz CT molecular complexity index is 996. The van der Waals surface area contributed by atoms with Crippen molar-refractivity contribution in [2.45, 2.75) is 30.8 Å². The minimum absolute atomic E-state index is 0.102. The van der Waals surface area contributed by atoms with Crippen LogP contribution in [0.5, 0.6) is 5.88 Å². The highest BCUT2D eigenvalue weighted by molar-refractivity contribution is 7.89. The van der Waals surface area contributed by atoms with Gasteiger partial charge in [0.05, 0.1) is 17.1 Å². The van der Waals surface area contributed by atoms with Gasteiger partial charge in [-0.3, -0.25) is 4.79 Å². The highest BCUT2D eigenvalue weighted by Crippen LogP contribution is 2.22. The molecule has 2 heterocycles. The third kappa shape index (κ3) is 4.38. The lowest BCUT2D eigenvalue weighted by Gasteiger charge is -2.18. The highest BCUT2D eigenvalue weighted by Gasteiger charge is 2.30. The molecule has 0 N–H and O–H groups in total. The first kappa shape index (κ1) is 21.1. The van der Waals surface area contributed by atoms with Gasteiger partial charge in [0.2, 0.25) is 15.8 Å². The Balaban J connectivity index is 1.67. The Morgan fingerprint density at radius 2 is 1.97 bits per heavy atom. The molecule has 1 atom stereocenters. The number of rotatable bonds is 6. The zero-order valence-electron chi connectivity index (χ0n) is 16.5. The van der Waals surface area contributed by atoms with Crippen LogP contribution in [0.3, 0.4) is 0 Å². The summed E-state index contributed by atoms with van der Waals surface area (Å²) in [5, 5.41) is 0. The molecule has 1 amide bonds. The number of sulfonamides is 1. The van der Waals surface area contributed by atoms with Gasteiger partial charge in [-0.2, -0.15) is 9.37 Å². The second-order valence-electron chi connectivity index (χ2n) is 6.88. The summed E-state index contributed by atoms with van der Waals surface area (Å²) in [5.41, 5.74) is 0.665. The Morgan fingerprint density at radius 1 is 1.28 bits per heavy atom. The number of nitrogens with zero attached hydrogens (tertiary/aromatic N) is 4. The van der Waals surface area contributed by atoms with Crippen molar-refractivity contribution in [3.8, 4) is 5.88 Å². The summed E-state index contributed by atoms with van der Waals surface area (Å²) in [6.45, 7) is 2.54. The van der Waals surface area contributed by atoms with Crippen molar-refractivity contribution in [1.82, 2.24) is 19.2 Å². The minimum atomic E-state index is -3.55. The number of likely N-dealkylation sites (tertiary alicyclic amines) is 1. The van der Waals surface area contributed by atoms with Gasteiger partial charge in [-0.05, 0) is 30.7 Å². The van der Waals surface area contributed by atoms with Crippen LogP contribution in [0, 0.1) is 5.82 Å². The summed E-state index contributed by atoms with van der Waals surface area (Å²) in [6, 6.07) is 5.80. The van der Waals surface area contributed by atoms with Crippen molar-refractivity contribution < 1.29 is 22.3 Å². The molecule has 3 rings (SSSR count). The van der Waals surface area contributed by atoms with Gasteiger partial charge in [-0.15, -0.1) is 0 Å². The Kier molecular flexibility index (Phi) is 6.13. The van der Waals surface area contributed by atoms with E-state index in [1.54, 1.807) is 11.8 Å². The number of halogens is 1. The van der Waals surface area contributed by atoms with E-state index in [1.807, 2.05) is 0 Å². The van der Waals surface area contributed by atoms with E-state index in [2.05, 4.69) is 9.97 Å². The first-order chi connectivity index (χ1) is 13.7. The quantitative estimate of drug-likeness (QED) is 0.704. The lowest BCUT2D eigenvalue weighted by Crippen LogP contribution is -2.31. The molecule has 0 bridgehead atoms. The standard InChI is InChI=1S/C19H23FN4O4S/c1-4-16-17(20)18(22-12-21-16)28-14-9-10-24(11-14)19(25)13-5-7-15(8-6-13)29(26,27)23(2)3/h5-8,12,14H,4,9-11H2,1-3H3/t14-/m0/s1. The number of carbonyl (C=O) groups is 1. The zero-order chi connectivity index (χ0) is 21.2. The summed E-state index contributed by atoms with van der Waals surface area (Å²) < 4.78 is 45.3. The molecule has 0 saturated carbocycles. The van der Waals surface area contributed by atoms with Crippen LogP contribution in [0.4, 0.5) is 4.39 Å². The second-order valence-corrected chi connectivity index (χ2v) is 9.04. The normalized spacial score (nSPS) is 17.0. The first-order valence-corrected chi connectivity index (χ1v) is 10.7.